The van der Waals surface area contributed by atoms with Crippen LogP contribution in [0.3, 0.4) is 0 Å². The highest BCUT2D eigenvalue weighted by Gasteiger charge is 2.15. The predicted octanol–water partition coefficient (Wildman–Crippen LogP) is 2.00. The van der Waals surface area contributed by atoms with Crippen molar-refractivity contribution in [3.8, 4) is 5.75 Å². The molecule has 2 aromatic rings. The van der Waals surface area contributed by atoms with Crippen molar-refractivity contribution < 1.29 is 13.2 Å². The van der Waals surface area contributed by atoms with Crippen molar-refractivity contribution in [2.24, 2.45) is 12.2 Å². The van der Waals surface area contributed by atoms with Crippen LogP contribution < -0.4 is 9.88 Å². The summed E-state index contributed by atoms with van der Waals surface area (Å²) < 4.78 is 29.7. The van der Waals surface area contributed by atoms with Crippen molar-refractivity contribution >= 4 is 33.2 Å². The molecule has 2 N–H and O–H groups in total. The summed E-state index contributed by atoms with van der Waals surface area (Å²) in [4.78, 5) is -0.155. The SMILES string of the molecule is Cn1cc(CCOc2c(Cl)cc(S(N)(=O)=O)cc2Cl)cn1. The quantitative estimate of drug-likeness (QED) is 0.893. The first-order chi connectivity index (χ1) is 9.77. The Morgan fingerprint density at radius 2 is 1.95 bits per heavy atom. The molecule has 0 spiro atoms. The molecule has 0 aliphatic rings. The lowest BCUT2D eigenvalue weighted by molar-refractivity contribution is 0.322. The van der Waals surface area contributed by atoms with E-state index >= 15 is 0 Å². The third kappa shape index (κ3) is 4.10. The summed E-state index contributed by atoms with van der Waals surface area (Å²) in [5, 5.41) is 9.26. The van der Waals surface area contributed by atoms with Crippen LogP contribution in [0.2, 0.25) is 10.0 Å². The number of hydrogen-bond acceptors (Lipinski definition) is 4. The van der Waals surface area contributed by atoms with Gasteiger partial charge in [0.2, 0.25) is 10.0 Å². The number of nitrogens with two attached hydrogens (primary N) is 1. The lowest BCUT2D eigenvalue weighted by Gasteiger charge is -2.10. The highest BCUT2D eigenvalue weighted by Crippen LogP contribution is 2.35. The zero-order chi connectivity index (χ0) is 15.6. The van der Waals surface area contributed by atoms with Crippen LogP contribution in [0.4, 0.5) is 0 Å². The van der Waals surface area contributed by atoms with Crippen molar-refractivity contribution in [2.75, 3.05) is 6.61 Å². The fraction of sp³-hybridized carbons (Fsp3) is 0.250. The van der Waals surface area contributed by atoms with Crippen molar-refractivity contribution in [3.63, 3.8) is 0 Å². The summed E-state index contributed by atoms with van der Waals surface area (Å²) in [5.74, 6) is 0.231. The Morgan fingerprint density at radius 3 is 2.43 bits per heavy atom. The zero-order valence-electron chi connectivity index (χ0n) is 11.1. The minimum atomic E-state index is -3.86. The molecular weight excluding hydrogens is 337 g/mol. The number of benzene rings is 1. The number of aryl methyl sites for hydroxylation is 1. The number of sulfonamides is 1. The third-order valence-corrected chi connectivity index (χ3v) is 4.15. The third-order valence-electron chi connectivity index (χ3n) is 2.70. The molecule has 1 aromatic heterocycles. The molecule has 0 amide bonds. The number of nitrogens with zero attached hydrogens (tertiary/aromatic N) is 2. The maximum atomic E-state index is 11.3. The van der Waals surface area contributed by atoms with Crippen LogP contribution in [0.1, 0.15) is 5.56 Å². The first-order valence-electron chi connectivity index (χ1n) is 5.89. The monoisotopic (exact) mass is 349 g/mol. The van der Waals surface area contributed by atoms with E-state index in [9.17, 15) is 8.42 Å². The summed E-state index contributed by atoms with van der Waals surface area (Å²) >= 11 is 12.0. The molecule has 0 fully saturated rings. The fourth-order valence-corrected chi connectivity index (χ4v) is 3.00. The minimum Gasteiger partial charge on any atom is -0.490 e. The van der Waals surface area contributed by atoms with E-state index in [-0.39, 0.29) is 20.7 Å². The first kappa shape index (κ1) is 16.1. The van der Waals surface area contributed by atoms with Gasteiger partial charge in [0.1, 0.15) is 0 Å². The van der Waals surface area contributed by atoms with Gasteiger partial charge in [-0.2, -0.15) is 5.10 Å². The van der Waals surface area contributed by atoms with Crippen LogP contribution in [-0.2, 0) is 23.5 Å². The minimum absolute atomic E-state index is 0.0951. The molecule has 21 heavy (non-hydrogen) atoms. The zero-order valence-corrected chi connectivity index (χ0v) is 13.4. The molecule has 0 aliphatic carbocycles. The van der Waals surface area contributed by atoms with E-state index in [1.54, 1.807) is 10.9 Å². The smallest absolute Gasteiger partial charge is 0.238 e. The molecule has 9 heteroatoms. The summed E-state index contributed by atoms with van der Waals surface area (Å²) in [7, 11) is -2.04. The average Bonchev–Trinajstić information content (AvgIpc) is 2.77. The molecule has 6 nitrogen and oxygen atoms in total. The second-order valence-electron chi connectivity index (χ2n) is 4.38. The van der Waals surface area contributed by atoms with Gasteiger partial charge in [0, 0.05) is 19.7 Å². The molecule has 0 saturated carbocycles. The number of primary sulfonamides is 1. The van der Waals surface area contributed by atoms with Crippen LogP contribution in [-0.4, -0.2) is 24.8 Å². The van der Waals surface area contributed by atoms with E-state index in [0.717, 1.165) is 5.56 Å². The Balaban J connectivity index is 2.10. The lowest BCUT2D eigenvalue weighted by Crippen LogP contribution is -2.12. The molecule has 114 valence electrons. The fourth-order valence-electron chi connectivity index (χ4n) is 1.71. The van der Waals surface area contributed by atoms with Crippen LogP contribution in [0.15, 0.2) is 29.4 Å². The molecule has 0 aliphatic heterocycles. The lowest BCUT2D eigenvalue weighted by atomic mass is 10.3. The number of halogens is 2. The molecule has 0 atom stereocenters. The molecule has 0 unspecified atom stereocenters. The van der Waals surface area contributed by atoms with Gasteiger partial charge < -0.3 is 4.74 Å². The molecule has 1 aromatic carbocycles. The van der Waals surface area contributed by atoms with Crippen molar-refractivity contribution in [3.05, 3.63) is 40.1 Å². The molecule has 0 saturated heterocycles. The van der Waals surface area contributed by atoms with Crippen molar-refractivity contribution in [2.45, 2.75) is 11.3 Å². The molecule has 0 radical (unpaired) electrons. The van der Waals surface area contributed by atoms with E-state index in [1.807, 2.05) is 13.2 Å². The summed E-state index contributed by atoms with van der Waals surface area (Å²) in [6, 6.07) is 2.42. The Morgan fingerprint density at radius 1 is 1.33 bits per heavy atom. The molecule has 0 bridgehead atoms. The van der Waals surface area contributed by atoms with Gasteiger partial charge in [0.05, 0.1) is 27.7 Å². The van der Waals surface area contributed by atoms with Gasteiger partial charge in [0.25, 0.3) is 0 Å². The number of ether oxygens (including phenoxy) is 1. The Bertz CT molecular complexity index is 736. The summed E-state index contributed by atoms with van der Waals surface area (Å²) in [6.45, 7) is 0.333. The van der Waals surface area contributed by atoms with E-state index in [4.69, 9.17) is 33.1 Å². The largest absolute Gasteiger partial charge is 0.490 e. The van der Waals surface area contributed by atoms with Gasteiger partial charge in [-0.25, -0.2) is 13.6 Å². The van der Waals surface area contributed by atoms with E-state index in [1.165, 1.54) is 12.1 Å². The van der Waals surface area contributed by atoms with Crippen LogP contribution in [0.5, 0.6) is 5.75 Å². The predicted molar refractivity (Wildman–Crippen MR) is 80.2 cm³/mol. The van der Waals surface area contributed by atoms with Gasteiger partial charge >= 0.3 is 0 Å². The Kier molecular flexibility index (Phi) is 4.77. The molecular formula is C12H13Cl2N3O3S. The van der Waals surface area contributed by atoms with Gasteiger partial charge in [-0.1, -0.05) is 23.2 Å². The summed E-state index contributed by atoms with van der Waals surface area (Å²) in [6.07, 6.45) is 4.23. The number of hydrogen-bond donors (Lipinski definition) is 1. The maximum absolute atomic E-state index is 11.3. The topological polar surface area (TPSA) is 87.2 Å². The van der Waals surface area contributed by atoms with Crippen molar-refractivity contribution in [1.29, 1.82) is 0 Å². The number of aromatic nitrogens is 2. The van der Waals surface area contributed by atoms with Gasteiger partial charge in [-0.15, -0.1) is 0 Å². The molecule has 2 rings (SSSR count). The Labute approximate surface area is 132 Å². The summed E-state index contributed by atoms with van der Waals surface area (Å²) in [5.41, 5.74) is 1.01. The van der Waals surface area contributed by atoms with E-state index in [2.05, 4.69) is 5.10 Å². The van der Waals surface area contributed by atoms with Gasteiger partial charge in [-0.05, 0) is 17.7 Å². The maximum Gasteiger partial charge on any atom is 0.238 e. The van der Waals surface area contributed by atoms with Crippen LogP contribution in [0, 0.1) is 0 Å². The second kappa shape index (κ2) is 6.23. The second-order valence-corrected chi connectivity index (χ2v) is 6.76. The van der Waals surface area contributed by atoms with Gasteiger partial charge in [0.15, 0.2) is 5.75 Å². The first-order valence-corrected chi connectivity index (χ1v) is 8.20. The van der Waals surface area contributed by atoms with E-state index < -0.39 is 10.0 Å². The number of rotatable bonds is 5. The highest BCUT2D eigenvalue weighted by atomic mass is 35.5. The van der Waals surface area contributed by atoms with Crippen LogP contribution in [0.25, 0.3) is 0 Å². The average molecular weight is 350 g/mol. The normalized spacial score (nSPS) is 11.6. The van der Waals surface area contributed by atoms with Crippen LogP contribution >= 0.6 is 23.2 Å². The van der Waals surface area contributed by atoms with Gasteiger partial charge in [-0.3, -0.25) is 4.68 Å². The van der Waals surface area contributed by atoms with Crippen molar-refractivity contribution in [1.82, 2.24) is 9.78 Å². The van der Waals surface area contributed by atoms with E-state index in [0.29, 0.717) is 13.0 Å². The highest BCUT2D eigenvalue weighted by molar-refractivity contribution is 7.89. The standard InChI is InChI=1S/C12H13Cl2N3O3S/c1-17-7-8(6-16-17)2-3-20-12-10(13)4-9(5-11(12)14)21(15,18)19/h4-7H,2-3H2,1H3,(H2,15,18,19). The molecule has 1 heterocycles. The Hall–Kier alpha value is -1.28.